The molecule has 3 aromatic rings. The summed E-state index contributed by atoms with van der Waals surface area (Å²) in [7, 11) is -3.76. The van der Waals surface area contributed by atoms with Gasteiger partial charge in [0, 0.05) is 12.1 Å². The molecule has 0 aliphatic rings. The Morgan fingerprint density at radius 2 is 1.61 bits per heavy atom. The van der Waals surface area contributed by atoms with Crippen molar-refractivity contribution in [3.8, 4) is 0 Å². The van der Waals surface area contributed by atoms with Gasteiger partial charge in [0.15, 0.2) is 6.61 Å². The van der Waals surface area contributed by atoms with Crippen LogP contribution in [0.3, 0.4) is 0 Å². The van der Waals surface area contributed by atoms with Crippen molar-refractivity contribution >= 4 is 27.6 Å². The fourth-order valence-electron chi connectivity index (χ4n) is 3.27. The van der Waals surface area contributed by atoms with E-state index in [0.717, 1.165) is 22.4 Å². The summed E-state index contributed by atoms with van der Waals surface area (Å²) < 4.78 is 27.9. The Morgan fingerprint density at radius 3 is 2.24 bits per heavy atom. The Hall–Kier alpha value is -3.49. The molecule has 1 amide bonds. The molecular formula is C25H26N2O5S. The molecule has 7 nitrogen and oxygen atoms in total. The number of hydrogen-bond donors (Lipinski definition) is 1. The molecule has 3 rings (SSSR count). The number of anilines is 1. The fraction of sp³-hybridized carbons (Fsp3) is 0.200. The lowest BCUT2D eigenvalue weighted by molar-refractivity contribution is -0.147. The molecule has 0 bridgehead atoms. The predicted octanol–water partition coefficient (Wildman–Crippen LogP) is 3.35. The molecule has 172 valence electrons. The molecule has 0 unspecified atom stereocenters. The molecule has 3 aromatic carbocycles. The minimum atomic E-state index is -3.76. The predicted molar refractivity (Wildman–Crippen MR) is 126 cm³/mol. The van der Waals surface area contributed by atoms with Crippen molar-refractivity contribution in [1.29, 1.82) is 0 Å². The number of nitrogens with two attached hydrogens (primary N) is 1. The largest absolute Gasteiger partial charge is 0.456 e. The van der Waals surface area contributed by atoms with Gasteiger partial charge in [-0.15, -0.1) is 0 Å². The Bertz CT molecular complexity index is 1210. The molecule has 0 aliphatic heterocycles. The zero-order chi connectivity index (χ0) is 23.8. The van der Waals surface area contributed by atoms with E-state index in [1.165, 1.54) is 12.1 Å². The summed E-state index contributed by atoms with van der Waals surface area (Å²) in [6.07, 6.45) is 0.411. The molecule has 2 N–H and O–H groups in total. The van der Waals surface area contributed by atoms with Crippen LogP contribution in [0.1, 0.15) is 23.1 Å². The average molecular weight is 467 g/mol. The van der Waals surface area contributed by atoms with Crippen molar-refractivity contribution in [2.24, 2.45) is 5.14 Å². The number of nitrogens with zero attached hydrogens (tertiary/aromatic N) is 1. The first-order valence-electron chi connectivity index (χ1n) is 10.4. The second-order valence-corrected chi connectivity index (χ2v) is 9.22. The number of carbonyl (C=O) groups is 2. The van der Waals surface area contributed by atoms with Gasteiger partial charge in [-0.25, -0.2) is 13.6 Å². The SMILES string of the molecule is Cc1cccc(N(Cc2ccccc2)C(=O)COC(=O)CCc2ccc(S(N)(=O)=O)cc2)c1. The van der Waals surface area contributed by atoms with E-state index < -0.39 is 16.0 Å². The average Bonchev–Trinajstić information content (AvgIpc) is 2.80. The Morgan fingerprint density at radius 1 is 0.909 bits per heavy atom. The van der Waals surface area contributed by atoms with Crippen LogP contribution in [0.2, 0.25) is 0 Å². The summed E-state index contributed by atoms with van der Waals surface area (Å²) in [6, 6.07) is 23.1. The van der Waals surface area contributed by atoms with Crippen molar-refractivity contribution < 1.29 is 22.7 Å². The van der Waals surface area contributed by atoms with Crippen LogP contribution in [0.15, 0.2) is 83.8 Å². The number of sulfonamides is 1. The van der Waals surface area contributed by atoms with E-state index in [2.05, 4.69) is 0 Å². The van der Waals surface area contributed by atoms with Crippen LogP contribution in [0, 0.1) is 6.92 Å². The minimum absolute atomic E-state index is 0.00841. The maximum absolute atomic E-state index is 12.9. The molecule has 0 saturated heterocycles. The number of primary sulfonamides is 1. The summed E-state index contributed by atoms with van der Waals surface area (Å²) in [5.41, 5.74) is 3.47. The Balaban J connectivity index is 1.59. The number of aryl methyl sites for hydroxylation is 2. The van der Waals surface area contributed by atoms with Gasteiger partial charge in [-0.3, -0.25) is 9.59 Å². The minimum Gasteiger partial charge on any atom is -0.456 e. The first-order chi connectivity index (χ1) is 15.7. The third kappa shape index (κ3) is 7.27. The van der Waals surface area contributed by atoms with E-state index in [1.807, 2.05) is 61.5 Å². The number of esters is 1. The number of ether oxygens (including phenoxy) is 1. The molecular weight excluding hydrogens is 440 g/mol. The van der Waals surface area contributed by atoms with Crippen LogP contribution in [-0.2, 0) is 37.3 Å². The van der Waals surface area contributed by atoms with Crippen LogP contribution >= 0.6 is 0 Å². The molecule has 0 aliphatic carbocycles. The van der Waals surface area contributed by atoms with E-state index in [9.17, 15) is 18.0 Å². The molecule has 0 heterocycles. The molecule has 8 heteroatoms. The van der Waals surface area contributed by atoms with Crippen LogP contribution in [0.25, 0.3) is 0 Å². The van der Waals surface area contributed by atoms with E-state index in [-0.39, 0.29) is 23.8 Å². The van der Waals surface area contributed by atoms with Crippen molar-refractivity contribution in [2.75, 3.05) is 11.5 Å². The summed E-state index contributed by atoms with van der Waals surface area (Å²) >= 11 is 0. The molecule has 0 spiro atoms. The monoisotopic (exact) mass is 466 g/mol. The van der Waals surface area contributed by atoms with Crippen LogP contribution in [0.4, 0.5) is 5.69 Å². The van der Waals surface area contributed by atoms with Crippen molar-refractivity contribution in [3.63, 3.8) is 0 Å². The summed E-state index contributed by atoms with van der Waals surface area (Å²) in [4.78, 5) is 26.8. The summed E-state index contributed by atoms with van der Waals surface area (Å²) in [5, 5.41) is 5.08. The first-order valence-corrected chi connectivity index (χ1v) is 12.0. The second-order valence-electron chi connectivity index (χ2n) is 7.65. The van der Waals surface area contributed by atoms with E-state index >= 15 is 0 Å². The third-order valence-corrected chi connectivity index (χ3v) is 5.95. The van der Waals surface area contributed by atoms with Gasteiger partial charge in [0.05, 0.1) is 11.4 Å². The number of carbonyl (C=O) groups excluding carboxylic acids is 2. The quantitative estimate of drug-likeness (QED) is 0.487. The smallest absolute Gasteiger partial charge is 0.306 e. The van der Waals surface area contributed by atoms with Crippen molar-refractivity contribution in [3.05, 3.63) is 95.6 Å². The number of rotatable bonds is 9. The standard InChI is InChI=1S/C25H26N2O5S/c1-19-6-5-9-22(16-19)27(17-21-7-3-2-4-8-21)24(28)18-32-25(29)15-12-20-10-13-23(14-11-20)33(26,30)31/h2-11,13-14,16H,12,15,17-18H2,1H3,(H2,26,30,31). The lowest BCUT2D eigenvalue weighted by Gasteiger charge is -2.23. The highest BCUT2D eigenvalue weighted by Crippen LogP contribution is 2.19. The lowest BCUT2D eigenvalue weighted by Crippen LogP contribution is -2.34. The Kier molecular flexibility index (Phi) is 7.97. The topological polar surface area (TPSA) is 107 Å². The molecule has 0 radical (unpaired) electrons. The van der Waals surface area contributed by atoms with Gasteiger partial charge in [-0.1, -0.05) is 54.6 Å². The van der Waals surface area contributed by atoms with Crippen molar-refractivity contribution in [2.45, 2.75) is 31.2 Å². The van der Waals surface area contributed by atoms with Gasteiger partial charge in [-0.2, -0.15) is 0 Å². The summed E-state index contributed by atoms with van der Waals surface area (Å²) in [6.45, 7) is 1.94. The van der Waals surface area contributed by atoms with Gasteiger partial charge in [0.2, 0.25) is 10.0 Å². The zero-order valence-corrected chi connectivity index (χ0v) is 19.1. The molecule has 33 heavy (non-hydrogen) atoms. The van der Waals surface area contributed by atoms with Gasteiger partial charge >= 0.3 is 5.97 Å². The maximum atomic E-state index is 12.9. The third-order valence-electron chi connectivity index (χ3n) is 5.02. The summed E-state index contributed by atoms with van der Waals surface area (Å²) in [5.74, 6) is -0.835. The molecule has 0 fully saturated rings. The molecule has 0 aromatic heterocycles. The fourth-order valence-corrected chi connectivity index (χ4v) is 3.79. The number of benzene rings is 3. The van der Waals surface area contributed by atoms with E-state index in [0.29, 0.717) is 13.0 Å². The highest BCUT2D eigenvalue weighted by atomic mass is 32.2. The highest BCUT2D eigenvalue weighted by molar-refractivity contribution is 7.89. The van der Waals surface area contributed by atoms with E-state index in [1.54, 1.807) is 17.0 Å². The van der Waals surface area contributed by atoms with Crippen LogP contribution in [-0.4, -0.2) is 26.9 Å². The normalized spacial score (nSPS) is 11.1. The van der Waals surface area contributed by atoms with Crippen LogP contribution in [0.5, 0.6) is 0 Å². The van der Waals surface area contributed by atoms with Gasteiger partial charge < -0.3 is 9.64 Å². The molecule has 0 atom stereocenters. The highest BCUT2D eigenvalue weighted by Gasteiger charge is 2.18. The Labute approximate surface area is 193 Å². The van der Waals surface area contributed by atoms with E-state index in [4.69, 9.17) is 9.88 Å². The second kappa shape index (κ2) is 10.9. The van der Waals surface area contributed by atoms with Crippen molar-refractivity contribution in [1.82, 2.24) is 0 Å². The van der Waals surface area contributed by atoms with Gasteiger partial charge in [0.1, 0.15) is 0 Å². The van der Waals surface area contributed by atoms with Gasteiger partial charge in [-0.05, 0) is 54.3 Å². The lowest BCUT2D eigenvalue weighted by atomic mass is 10.1. The zero-order valence-electron chi connectivity index (χ0n) is 18.3. The first kappa shape index (κ1) is 24.2. The number of hydrogen-bond acceptors (Lipinski definition) is 5. The van der Waals surface area contributed by atoms with Crippen LogP contribution < -0.4 is 10.0 Å². The van der Waals surface area contributed by atoms with Gasteiger partial charge in [0.25, 0.3) is 5.91 Å². The molecule has 0 saturated carbocycles. The maximum Gasteiger partial charge on any atom is 0.306 e. The number of amides is 1.